The fourth-order valence-corrected chi connectivity index (χ4v) is 3.80. The number of carbonyl (C=O) groups excluding carboxylic acids is 1. The van der Waals surface area contributed by atoms with Crippen LogP contribution < -0.4 is 10.1 Å². The van der Waals surface area contributed by atoms with Crippen LogP contribution in [0, 0.1) is 13.8 Å². The molecule has 28 heavy (non-hydrogen) atoms. The quantitative estimate of drug-likeness (QED) is 0.665. The Balaban J connectivity index is 1.77. The molecule has 0 aliphatic rings. The number of nitrogens with zero attached hydrogens (tertiary/aromatic N) is 4. The molecule has 0 unspecified atom stereocenters. The fraction of sp³-hybridized carbons (Fsp3) is 0.222. The fourth-order valence-electron chi connectivity index (χ4n) is 2.47. The molecule has 3 aromatic rings. The van der Waals surface area contributed by atoms with Crippen LogP contribution in [0.2, 0.25) is 0 Å². The molecule has 3 rings (SSSR count). The number of amides is 1. The lowest BCUT2D eigenvalue weighted by molar-refractivity contribution is 0.0945. The molecule has 0 bridgehead atoms. The van der Waals surface area contributed by atoms with E-state index in [0.29, 0.717) is 17.0 Å². The molecule has 2 aromatic heterocycles. The number of nitrogens with one attached hydrogen (secondary N) is 1. The third-order valence-electron chi connectivity index (χ3n) is 3.97. The average molecular weight is 401 g/mol. The number of methoxy groups -OCH3 is 1. The van der Waals surface area contributed by atoms with E-state index in [2.05, 4.69) is 20.4 Å². The van der Waals surface area contributed by atoms with E-state index in [4.69, 9.17) is 4.74 Å². The standard InChI is InChI=1S/C18H19N5O4S/c1-12-8-15(27-3)4-5-17(12)28(25,26)23-7-6-16(22-23)18(24)21-11-14-10-19-13(2)9-20-14/h4-10H,11H2,1-3H3,(H,21,24). The van der Waals surface area contributed by atoms with Crippen LogP contribution in [0.5, 0.6) is 5.75 Å². The maximum atomic E-state index is 12.8. The number of hydrogen-bond donors (Lipinski definition) is 1. The molecular weight excluding hydrogens is 382 g/mol. The zero-order valence-corrected chi connectivity index (χ0v) is 16.4. The second-order valence-electron chi connectivity index (χ2n) is 6.04. The van der Waals surface area contributed by atoms with E-state index in [9.17, 15) is 13.2 Å². The van der Waals surface area contributed by atoms with E-state index in [0.717, 1.165) is 9.78 Å². The van der Waals surface area contributed by atoms with Gasteiger partial charge in [0.05, 0.1) is 36.1 Å². The third-order valence-corrected chi connectivity index (χ3v) is 5.68. The normalized spacial score (nSPS) is 11.2. The highest BCUT2D eigenvalue weighted by molar-refractivity contribution is 7.89. The van der Waals surface area contributed by atoms with E-state index < -0.39 is 15.9 Å². The van der Waals surface area contributed by atoms with Crippen LogP contribution in [0.15, 0.2) is 47.8 Å². The first kappa shape index (κ1) is 19.5. The number of aromatic nitrogens is 4. The maximum absolute atomic E-state index is 12.8. The van der Waals surface area contributed by atoms with Gasteiger partial charge in [0.15, 0.2) is 5.69 Å². The minimum absolute atomic E-state index is 0.0187. The Kier molecular flexibility index (Phi) is 5.41. The van der Waals surface area contributed by atoms with Crippen LogP contribution in [0.4, 0.5) is 0 Å². The van der Waals surface area contributed by atoms with Crippen molar-refractivity contribution in [2.24, 2.45) is 0 Å². The Morgan fingerprint density at radius 1 is 1.18 bits per heavy atom. The smallest absolute Gasteiger partial charge is 0.283 e. The van der Waals surface area contributed by atoms with Gasteiger partial charge in [-0.25, -0.2) is 0 Å². The van der Waals surface area contributed by atoms with Crippen molar-refractivity contribution in [2.45, 2.75) is 25.3 Å². The SMILES string of the molecule is COc1ccc(S(=O)(=O)n2ccc(C(=O)NCc3cnc(C)cn3)n2)c(C)c1. The van der Waals surface area contributed by atoms with Gasteiger partial charge in [0.2, 0.25) is 0 Å². The van der Waals surface area contributed by atoms with E-state index >= 15 is 0 Å². The third kappa shape index (κ3) is 4.01. The highest BCUT2D eigenvalue weighted by Crippen LogP contribution is 2.22. The van der Waals surface area contributed by atoms with Gasteiger partial charge in [-0.2, -0.15) is 17.6 Å². The van der Waals surface area contributed by atoms with Crippen LogP contribution >= 0.6 is 0 Å². The largest absolute Gasteiger partial charge is 0.497 e. The van der Waals surface area contributed by atoms with Crippen molar-refractivity contribution in [1.29, 1.82) is 0 Å². The van der Waals surface area contributed by atoms with Gasteiger partial charge >= 0.3 is 0 Å². The molecule has 1 aromatic carbocycles. The zero-order valence-electron chi connectivity index (χ0n) is 15.6. The van der Waals surface area contributed by atoms with Crippen molar-refractivity contribution in [3.05, 3.63) is 65.5 Å². The first-order chi connectivity index (χ1) is 13.3. The summed E-state index contributed by atoms with van der Waals surface area (Å²) in [4.78, 5) is 20.6. The molecule has 10 heteroatoms. The monoisotopic (exact) mass is 401 g/mol. The number of benzene rings is 1. The highest BCUT2D eigenvalue weighted by atomic mass is 32.2. The van der Waals surface area contributed by atoms with E-state index in [1.54, 1.807) is 31.5 Å². The molecule has 0 saturated heterocycles. The summed E-state index contributed by atoms with van der Waals surface area (Å²) in [7, 11) is -2.43. The molecule has 0 saturated carbocycles. The maximum Gasteiger partial charge on any atom is 0.283 e. The molecule has 0 spiro atoms. The highest BCUT2D eigenvalue weighted by Gasteiger charge is 2.22. The molecule has 1 N–H and O–H groups in total. The van der Waals surface area contributed by atoms with Gasteiger partial charge in [0.25, 0.3) is 15.9 Å². The topological polar surface area (TPSA) is 116 Å². The number of carbonyl (C=O) groups is 1. The average Bonchev–Trinajstić information content (AvgIpc) is 3.18. The minimum atomic E-state index is -3.93. The first-order valence-electron chi connectivity index (χ1n) is 8.33. The van der Waals surface area contributed by atoms with Gasteiger partial charge in [-0.05, 0) is 43.7 Å². The minimum Gasteiger partial charge on any atom is -0.497 e. The predicted molar refractivity (Wildman–Crippen MR) is 100 cm³/mol. The van der Waals surface area contributed by atoms with E-state index in [-0.39, 0.29) is 17.1 Å². The lowest BCUT2D eigenvalue weighted by Gasteiger charge is -2.09. The summed E-state index contributed by atoms with van der Waals surface area (Å²) in [5.74, 6) is 0.0407. The molecular formula is C18H19N5O4S. The number of rotatable bonds is 6. The Morgan fingerprint density at radius 3 is 2.61 bits per heavy atom. The first-order valence-corrected chi connectivity index (χ1v) is 9.77. The van der Waals surface area contributed by atoms with Gasteiger partial charge in [0, 0.05) is 12.4 Å². The van der Waals surface area contributed by atoms with Crippen LogP contribution in [-0.4, -0.2) is 40.6 Å². The summed E-state index contributed by atoms with van der Waals surface area (Å²) in [6, 6.07) is 5.96. The summed E-state index contributed by atoms with van der Waals surface area (Å²) in [5, 5.41) is 6.55. The van der Waals surface area contributed by atoms with Gasteiger partial charge in [-0.15, -0.1) is 0 Å². The van der Waals surface area contributed by atoms with Crippen molar-refractivity contribution in [1.82, 2.24) is 24.5 Å². The van der Waals surface area contributed by atoms with Crippen molar-refractivity contribution in [2.75, 3.05) is 7.11 Å². The Labute approximate surface area is 162 Å². The van der Waals surface area contributed by atoms with Gasteiger partial charge in [-0.1, -0.05) is 0 Å². The van der Waals surface area contributed by atoms with Crippen LogP contribution in [0.3, 0.4) is 0 Å². The van der Waals surface area contributed by atoms with Crippen LogP contribution in [0.1, 0.15) is 27.4 Å². The number of aryl methyl sites for hydroxylation is 2. The molecule has 0 aliphatic carbocycles. The molecule has 0 atom stereocenters. The molecule has 0 radical (unpaired) electrons. The van der Waals surface area contributed by atoms with Crippen molar-refractivity contribution in [3.8, 4) is 5.75 Å². The summed E-state index contributed by atoms with van der Waals surface area (Å²) in [5.41, 5.74) is 1.85. The Morgan fingerprint density at radius 2 is 1.96 bits per heavy atom. The molecule has 0 aliphatic heterocycles. The molecule has 1 amide bonds. The number of hydrogen-bond acceptors (Lipinski definition) is 7. The zero-order chi connectivity index (χ0) is 20.3. The van der Waals surface area contributed by atoms with Gasteiger partial charge < -0.3 is 10.1 Å². The summed E-state index contributed by atoms with van der Waals surface area (Å²) >= 11 is 0. The molecule has 9 nitrogen and oxygen atoms in total. The summed E-state index contributed by atoms with van der Waals surface area (Å²) in [6.45, 7) is 3.63. The Bertz CT molecular complexity index is 1110. The second kappa shape index (κ2) is 7.77. The van der Waals surface area contributed by atoms with Crippen LogP contribution in [-0.2, 0) is 16.6 Å². The second-order valence-corrected chi connectivity index (χ2v) is 7.81. The van der Waals surface area contributed by atoms with E-state index in [1.165, 1.54) is 25.4 Å². The van der Waals surface area contributed by atoms with E-state index in [1.807, 2.05) is 6.92 Å². The summed E-state index contributed by atoms with van der Waals surface area (Å²) < 4.78 is 31.5. The van der Waals surface area contributed by atoms with Gasteiger partial charge in [0.1, 0.15) is 5.75 Å². The van der Waals surface area contributed by atoms with Crippen molar-refractivity contribution in [3.63, 3.8) is 0 Å². The lowest BCUT2D eigenvalue weighted by atomic mass is 10.2. The lowest BCUT2D eigenvalue weighted by Crippen LogP contribution is -2.24. The van der Waals surface area contributed by atoms with Crippen molar-refractivity contribution >= 4 is 15.9 Å². The van der Waals surface area contributed by atoms with Crippen LogP contribution in [0.25, 0.3) is 0 Å². The van der Waals surface area contributed by atoms with Crippen molar-refractivity contribution < 1.29 is 17.9 Å². The summed E-state index contributed by atoms with van der Waals surface area (Å²) in [6.07, 6.45) is 4.39. The number of ether oxygens (including phenoxy) is 1. The molecule has 0 fully saturated rings. The Hall–Kier alpha value is -3.27. The van der Waals surface area contributed by atoms with Gasteiger partial charge in [-0.3, -0.25) is 14.8 Å². The molecule has 146 valence electrons. The predicted octanol–water partition coefficient (Wildman–Crippen LogP) is 1.47. The molecule has 2 heterocycles.